The minimum Gasteiger partial charge on any atom is -0.456 e. The molecule has 0 spiro atoms. The van der Waals surface area contributed by atoms with Gasteiger partial charge in [-0.2, -0.15) is 0 Å². The molecule has 0 aromatic carbocycles. The van der Waals surface area contributed by atoms with E-state index in [1.54, 1.807) is 0 Å². The van der Waals surface area contributed by atoms with Gasteiger partial charge in [-0.1, -0.05) is 0 Å². The van der Waals surface area contributed by atoms with Crippen LogP contribution in [0.2, 0.25) is 0 Å². The zero-order valence-corrected chi connectivity index (χ0v) is 11.4. The summed E-state index contributed by atoms with van der Waals surface area (Å²) < 4.78 is 5.42. The lowest BCUT2D eigenvalue weighted by atomic mass is 9.93. The fourth-order valence-electron chi connectivity index (χ4n) is 2.15. The topological polar surface area (TPSA) is 52.3 Å². The number of nitrogens with two attached hydrogens (primary N) is 1. The van der Waals surface area contributed by atoms with E-state index in [1.165, 1.54) is 23.3 Å². The highest BCUT2D eigenvalue weighted by molar-refractivity contribution is 7.18. The van der Waals surface area contributed by atoms with E-state index in [1.807, 2.05) is 20.8 Å². The van der Waals surface area contributed by atoms with E-state index in [0.29, 0.717) is 4.88 Å². The molecule has 94 valence electrons. The molecule has 2 rings (SSSR count). The Morgan fingerprint density at radius 3 is 2.41 bits per heavy atom. The number of nitrogen functional groups attached to an aromatic ring is 1. The number of carbonyl (C=O) groups excluding carboxylic acids is 1. The maximum absolute atomic E-state index is 12.1. The van der Waals surface area contributed by atoms with E-state index in [0.717, 1.165) is 29.8 Å². The summed E-state index contributed by atoms with van der Waals surface area (Å²) in [5, 5.41) is 0.792. The van der Waals surface area contributed by atoms with E-state index in [9.17, 15) is 4.79 Å². The van der Waals surface area contributed by atoms with Gasteiger partial charge in [-0.05, 0) is 57.6 Å². The summed E-state index contributed by atoms with van der Waals surface area (Å²) in [6, 6.07) is 0. The summed E-state index contributed by atoms with van der Waals surface area (Å²) in [5.74, 6) is -0.225. The molecule has 0 saturated heterocycles. The molecule has 1 aliphatic rings. The number of rotatable bonds is 1. The van der Waals surface area contributed by atoms with Crippen LogP contribution in [0.3, 0.4) is 0 Å². The quantitative estimate of drug-likeness (QED) is 0.782. The van der Waals surface area contributed by atoms with Gasteiger partial charge in [0.05, 0.1) is 5.00 Å². The minimum atomic E-state index is -0.447. The first-order valence-corrected chi connectivity index (χ1v) is 6.83. The third-order valence-corrected chi connectivity index (χ3v) is 3.92. The second-order valence-corrected chi connectivity index (χ2v) is 6.51. The number of ether oxygens (including phenoxy) is 1. The highest BCUT2D eigenvalue weighted by Gasteiger charge is 2.27. The smallest absolute Gasteiger partial charge is 0.349 e. The fraction of sp³-hybridized carbons (Fsp3) is 0.615. The van der Waals surface area contributed by atoms with Crippen LogP contribution in [0.5, 0.6) is 0 Å². The second kappa shape index (κ2) is 4.33. The molecule has 0 atom stereocenters. The first-order chi connectivity index (χ1) is 7.88. The van der Waals surface area contributed by atoms with Crippen LogP contribution in [0.25, 0.3) is 0 Å². The number of fused-ring (bicyclic) bond motifs is 1. The van der Waals surface area contributed by atoms with Crippen molar-refractivity contribution in [1.29, 1.82) is 0 Å². The first kappa shape index (κ1) is 12.4. The van der Waals surface area contributed by atoms with Crippen LogP contribution in [0.1, 0.15) is 54.4 Å². The Bertz CT molecular complexity index is 443. The highest BCUT2D eigenvalue weighted by atomic mass is 32.1. The van der Waals surface area contributed by atoms with E-state index < -0.39 is 5.60 Å². The first-order valence-electron chi connectivity index (χ1n) is 6.02. The normalized spacial score (nSPS) is 15.5. The maximum Gasteiger partial charge on any atom is 0.349 e. The average molecular weight is 253 g/mol. The molecule has 0 bridgehead atoms. The van der Waals surface area contributed by atoms with Gasteiger partial charge in [0.25, 0.3) is 0 Å². The number of thiophene rings is 1. The van der Waals surface area contributed by atoms with Crippen molar-refractivity contribution >= 4 is 22.3 Å². The third-order valence-electron chi connectivity index (χ3n) is 2.84. The molecular formula is C13H19NO2S. The average Bonchev–Trinajstić information content (AvgIpc) is 2.55. The Morgan fingerprint density at radius 1 is 1.24 bits per heavy atom. The summed E-state index contributed by atoms with van der Waals surface area (Å²) in [7, 11) is 0. The fourth-order valence-corrected chi connectivity index (χ4v) is 3.19. The van der Waals surface area contributed by atoms with Crippen molar-refractivity contribution in [3.63, 3.8) is 0 Å². The molecule has 1 aromatic rings. The number of hydrogen-bond donors (Lipinski definition) is 1. The molecule has 1 aromatic heterocycles. The SMILES string of the molecule is CC(C)(C)OC(=O)c1sc(N)c2c1CCCC2. The molecule has 17 heavy (non-hydrogen) atoms. The van der Waals surface area contributed by atoms with Crippen molar-refractivity contribution in [2.75, 3.05) is 5.73 Å². The molecule has 0 fully saturated rings. The second-order valence-electron chi connectivity index (χ2n) is 5.46. The van der Waals surface area contributed by atoms with Crippen molar-refractivity contribution in [2.24, 2.45) is 0 Å². The molecular weight excluding hydrogens is 234 g/mol. The zero-order valence-electron chi connectivity index (χ0n) is 10.6. The van der Waals surface area contributed by atoms with Gasteiger partial charge in [-0.25, -0.2) is 4.79 Å². The summed E-state index contributed by atoms with van der Waals surface area (Å²) in [6.45, 7) is 5.65. The van der Waals surface area contributed by atoms with Gasteiger partial charge in [0.1, 0.15) is 10.5 Å². The van der Waals surface area contributed by atoms with Crippen molar-refractivity contribution in [3.8, 4) is 0 Å². The van der Waals surface area contributed by atoms with Crippen molar-refractivity contribution in [3.05, 3.63) is 16.0 Å². The Labute approximate surface area is 106 Å². The molecule has 0 amide bonds. The van der Waals surface area contributed by atoms with Crippen LogP contribution in [-0.4, -0.2) is 11.6 Å². The van der Waals surface area contributed by atoms with E-state index in [-0.39, 0.29) is 5.97 Å². The van der Waals surface area contributed by atoms with Crippen LogP contribution in [0, 0.1) is 0 Å². The Kier molecular flexibility index (Phi) is 3.17. The lowest BCUT2D eigenvalue weighted by Crippen LogP contribution is -2.24. The molecule has 1 heterocycles. The molecule has 0 radical (unpaired) electrons. The van der Waals surface area contributed by atoms with Gasteiger partial charge < -0.3 is 10.5 Å². The molecule has 3 nitrogen and oxygen atoms in total. The molecule has 0 aliphatic heterocycles. The van der Waals surface area contributed by atoms with E-state index in [4.69, 9.17) is 10.5 Å². The molecule has 4 heteroatoms. The number of carbonyl (C=O) groups is 1. The van der Waals surface area contributed by atoms with Crippen LogP contribution in [-0.2, 0) is 17.6 Å². The van der Waals surface area contributed by atoms with Gasteiger partial charge in [0.15, 0.2) is 0 Å². The molecule has 1 aliphatic carbocycles. The lowest BCUT2D eigenvalue weighted by Gasteiger charge is -2.20. The minimum absolute atomic E-state index is 0.225. The predicted octanol–water partition coefficient (Wildman–Crippen LogP) is 3.16. The van der Waals surface area contributed by atoms with Crippen LogP contribution < -0.4 is 5.73 Å². The number of hydrogen-bond acceptors (Lipinski definition) is 4. The number of anilines is 1. The van der Waals surface area contributed by atoms with Crippen LogP contribution >= 0.6 is 11.3 Å². The van der Waals surface area contributed by atoms with Crippen LogP contribution in [0.15, 0.2) is 0 Å². The summed E-state index contributed by atoms with van der Waals surface area (Å²) in [5.41, 5.74) is 7.84. The largest absolute Gasteiger partial charge is 0.456 e. The van der Waals surface area contributed by atoms with Crippen molar-refractivity contribution in [2.45, 2.75) is 52.1 Å². The highest BCUT2D eigenvalue weighted by Crippen LogP contribution is 2.37. The maximum atomic E-state index is 12.1. The van der Waals surface area contributed by atoms with Crippen molar-refractivity contribution < 1.29 is 9.53 Å². The lowest BCUT2D eigenvalue weighted by molar-refractivity contribution is 0.00739. The molecule has 2 N–H and O–H groups in total. The van der Waals surface area contributed by atoms with Crippen LogP contribution in [0.4, 0.5) is 5.00 Å². The van der Waals surface area contributed by atoms with Gasteiger partial charge in [-0.15, -0.1) is 11.3 Å². The summed E-state index contributed by atoms with van der Waals surface area (Å²) >= 11 is 1.38. The Morgan fingerprint density at radius 2 is 1.82 bits per heavy atom. The molecule has 0 saturated carbocycles. The standard InChI is InChI=1S/C13H19NO2S/c1-13(2,3)16-12(15)10-8-6-4-5-7-9(8)11(14)17-10/h4-7,14H2,1-3H3. The van der Waals surface area contributed by atoms with Gasteiger partial charge in [0.2, 0.25) is 0 Å². The third kappa shape index (κ3) is 2.63. The zero-order chi connectivity index (χ0) is 12.6. The Hall–Kier alpha value is -1.03. The predicted molar refractivity (Wildman–Crippen MR) is 70.5 cm³/mol. The van der Waals surface area contributed by atoms with Gasteiger partial charge in [-0.3, -0.25) is 0 Å². The summed E-state index contributed by atoms with van der Waals surface area (Å²) in [6.07, 6.45) is 4.26. The van der Waals surface area contributed by atoms with Gasteiger partial charge in [0, 0.05) is 0 Å². The monoisotopic (exact) mass is 253 g/mol. The van der Waals surface area contributed by atoms with Gasteiger partial charge >= 0.3 is 5.97 Å². The van der Waals surface area contributed by atoms with E-state index >= 15 is 0 Å². The van der Waals surface area contributed by atoms with E-state index in [2.05, 4.69) is 0 Å². The summed E-state index contributed by atoms with van der Waals surface area (Å²) in [4.78, 5) is 12.8. The number of esters is 1. The molecule has 0 unspecified atom stereocenters. The Balaban J connectivity index is 2.30. The van der Waals surface area contributed by atoms with Crippen molar-refractivity contribution in [1.82, 2.24) is 0 Å².